The fraction of sp³-hybridized carbons (Fsp3) is 0.250. The summed E-state index contributed by atoms with van der Waals surface area (Å²) in [6.45, 7) is 2.03. The van der Waals surface area contributed by atoms with E-state index in [1.54, 1.807) is 24.0 Å². The minimum Gasteiger partial charge on any atom is -0.480 e. The number of hydrogen-bond acceptors (Lipinski definition) is 5. The highest BCUT2D eigenvalue weighted by Gasteiger charge is 2.16. The second kappa shape index (κ2) is 4.06. The highest BCUT2D eigenvalue weighted by atomic mass is 32.1. The number of hydrogen-bond donors (Lipinski definition) is 0. The average molecular weight is 260 g/mol. The Morgan fingerprint density at radius 1 is 1.39 bits per heavy atom. The van der Waals surface area contributed by atoms with Gasteiger partial charge in [0.05, 0.1) is 34.8 Å². The summed E-state index contributed by atoms with van der Waals surface area (Å²) >= 11 is 1.57. The Bertz CT molecular complexity index is 697. The predicted molar refractivity (Wildman–Crippen MR) is 70.9 cm³/mol. The number of rotatable bonds is 2. The van der Waals surface area contributed by atoms with Crippen LogP contribution in [0.15, 0.2) is 17.8 Å². The van der Waals surface area contributed by atoms with Gasteiger partial charge in [0.1, 0.15) is 0 Å². The lowest BCUT2D eigenvalue weighted by atomic mass is 10.1. The van der Waals surface area contributed by atoms with E-state index >= 15 is 0 Å². The number of fused-ring (bicyclic) bond motifs is 1. The molecule has 3 aromatic rings. The van der Waals surface area contributed by atoms with Crippen molar-refractivity contribution < 1.29 is 4.74 Å². The van der Waals surface area contributed by atoms with Gasteiger partial charge in [-0.1, -0.05) is 0 Å². The zero-order valence-corrected chi connectivity index (χ0v) is 11.2. The van der Waals surface area contributed by atoms with E-state index in [-0.39, 0.29) is 0 Å². The van der Waals surface area contributed by atoms with Gasteiger partial charge in [0.25, 0.3) is 0 Å². The SMILES string of the molecule is COc1nc2ncsc2cc1-c1c(C)cnn1C. The van der Waals surface area contributed by atoms with E-state index in [0.717, 1.165) is 27.2 Å². The van der Waals surface area contributed by atoms with Crippen LogP contribution in [0.5, 0.6) is 5.88 Å². The standard InChI is InChI=1S/C12H12N4OS/c1-7-5-14-16(2)10(7)8-4-9-11(13-6-18-9)15-12(8)17-3/h4-6H,1-3H3. The van der Waals surface area contributed by atoms with E-state index in [1.807, 2.05) is 24.9 Å². The normalized spacial score (nSPS) is 11.1. The molecule has 0 N–H and O–H groups in total. The van der Waals surface area contributed by atoms with Crippen molar-refractivity contribution in [3.8, 4) is 17.1 Å². The number of nitrogens with zero attached hydrogens (tertiary/aromatic N) is 4. The first-order valence-corrected chi connectivity index (χ1v) is 6.36. The molecule has 3 rings (SSSR count). The van der Waals surface area contributed by atoms with Crippen LogP contribution in [-0.4, -0.2) is 26.9 Å². The molecular formula is C12H12N4OS. The van der Waals surface area contributed by atoms with Gasteiger partial charge in [-0.15, -0.1) is 11.3 Å². The molecule has 0 atom stereocenters. The summed E-state index contributed by atoms with van der Waals surface area (Å²) in [5.74, 6) is 0.583. The van der Waals surface area contributed by atoms with E-state index in [1.165, 1.54) is 0 Å². The number of methoxy groups -OCH3 is 1. The van der Waals surface area contributed by atoms with Gasteiger partial charge < -0.3 is 4.74 Å². The summed E-state index contributed by atoms with van der Waals surface area (Å²) in [6.07, 6.45) is 1.84. The lowest BCUT2D eigenvalue weighted by Gasteiger charge is -2.08. The Morgan fingerprint density at radius 2 is 2.22 bits per heavy atom. The van der Waals surface area contributed by atoms with E-state index in [2.05, 4.69) is 21.1 Å². The van der Waals surface area contributed by atoms with Crippen LogP contribution in [-0.2, 0) is 7.05 Å². The number of ether oxygens (including phenoxy) is 1. The van der Waals surface area contributed by atoms with Crippen molar-refractivity contribution in [1.29, 1.82) is 0 Å². The molecule has 0 radical (unpaired) electrons. The number of aryl methyl sites for hydroxylation is 2. The molecule has 5 nitrogen and oxygen atoms in total. The zero-order valence-electron chi connectivity index (χ0n) is 10.3. The maximum atomic E-state index is 5.37. The molecule has 0 amide bonds. The molecule has 3 heterocycles. The first-order valence-electron chi connectivity index (χ1n) is 5.48. The van der Waals surface area contributed by atoms with Gasteiger partial charge in [-0.2, -0.15) is 10.1 Å². The zero-order chi connectivity index (χ0) is 12.7. The maximum Gasteiger partial charge on any atom is 0.224 e. The van der Waals surface area contributed by atoms with Crippen LogP contribution in [0.1, 0.15) is 5.56 Å². The summed E-state index contributed by atoms with van der Waals surface area (Å²) in [5, 5.41) is 4.26. The third-order valence-electron chi connectivity index (χ3n) is 2.86. The van der Waals surface area contributed by atoms with Gasteiger partial charge in [-0.05, 0) is 18.6 Å². The van der Waals surface area contributed by atoms with Crippen LogP contribution in [0.2, 0.25) is 0 Å². The Labute approximate surface area is 108 Å². The molecule has 0 aliphatic rings. The Kier molecular flexibility index (Phi) is 2.52. The highest BCUT2D eigenvalue weighted by Crippen LogP contribution is 2.33. The molecule has 0 bridgehead atoms. The van der Waals surface area contributed by atoms with Crippen LogP contribution in [0.4, 0.5) is 0 Å². The van der Waals surface area contributed by atoms with Crippen molar-refractivity contribution in [2.45, 2.75) is 6.92 Å². The topological polar surface area (TPSA) is 52.8 Å². The van der Waals surface area contributed by atoms with Crippen LogP contribution in [0.25, 0.3) is 21.6 Å². The highest BCUT2D eigenvalue weighted by molar-refractivity contribution is 7.16. The van der Waals surface area contributed by atoms with Gasteiger partial charge in [-0.3, -0.25) is 4.68 Å². The summed E-state index contributed by atoms with van der Waals surface area (Å²) in [4.78, 5) is 8.63. The van der Waals surface area contributed by atoms with Crippen LogP contribution in [0.3, 0.4) is 0 Å². The van der Waals surface area contributed by atoms with Gasteiger partial charge in [0, 0.05) is 7.05 Å². The Hall–Kier alpha value is -1.95. The monoisotopic (exact) mass is 260 g/mol. The second-order valence-corrected chi connectivity index (χ2v) is 4.91. The third-order valence-corrected chi connectivity index (χ3v) is 3.62. The minimum absolute atomic E-state index is 0.583. The molecule has 3 aromatic heterocycles. The summed E-state index contributed by atoms with van der Waals surface area (Å²) in [5.41, 5.74) is 5.58. The van der Waals surface area contributed by atoms with E-state index in [0.29, 0.717) is 5.88 Å². The molecular weight excluding hydrogens is 248 g/mol. The summed E-state index contributed by atoms with van der Waals surface area (Å²) in [7, 11) is 3.54. The molecule has 92 valence electrons. The predicted octanol–water partition coefficient (Wildman–Crippen LogP) is 2.41. The van der Waals surface area contributed by atoms with Gasteiger partial charge in [0.2, 0.25) is 5.88 Å². The molecule has 0 aliphatic carbocycles. The minimum atomic E-state index is 0.583. The molecule has 0 saturated heterocycles. The van der Waals surface area contributed by atoms with Gasteiger partial charge in [-0.25, -0.2) is 4.98 Å². The molecule has 0 aliphatic heterocycles. The van der Waals surface area contributed by atoms with E-state index < -0.39 is 0 Å². The Balaban J connectivity index is 2.33. The van der Waals surface area contributed by atoms with Crippen molar-refractivity contribution in [1.82, 2.24) is 19.7 Å². The molecule has 0 fully saturated rings. The van der Waals surface area contributed by atoms with Crippen LogP contribution >= 0.6 is 11.3 Å². The van der Waals surface area contributed by atoms with Gasteiger partial charge in [0.15, 0.2) is 5.65 Å². The van der Waals surface area contributed by atoms with Crippen molar-refractivity contribution in [2.24, 2.45) is 7.05 Å². The average Bonchev–Trinajstić information content (AvgIpc) is 2.94. The molecule has 0 aromatic carbocycles. The summed E-state index contributed by atoms with van der Waals surface area (Å²) in [6, 6.07) is 2.06. The molecule has 0 spiro atoms. The number of pyridine rings is 1. The largest absolute Gasteiger partial charge is 0.480 e. The smallest absolute Gasteiger partial charge is 0.224 e. The Morgan fingerprint density at radius 3 is 2.89 bits per heavy atom. The lowest BCUT2D eigenvalue weighted by molar-refractivity contribution is 0.400. The fourth-order valence-electron chi connectivity index (χ4n) is 2.04. The number of thiazole rings is 1. The fourth-order valence-corrected chi connectivity index (χ4v) is 2.70. The van der Waals surface area contributed by atoms with Crippen LogP contribution < -0.4 is 4.74 Å². The second-order valence-electron chi connectivity index (χ2n) is 4.02. The first-order chi connectivity index (χ1) is 8.70. The van der Waals surface area contributed by atoms with Crippen molar-refractivity contribution in [3.63, 3.8) is 0 Å². The first kappa shape index (κ1) is 11.2. The molecule has 6 heteroatoms. The van der Waals surface area contributed by atoms with Crippen LogP contribution in [0, 0.1) is 6.92 Å². The van der Waals surface area contributed by atoms with Crippen molar-refractivity contribution in [3.05, 3.63) is 23.3 Å². The van der Waals surface area contributed by atoms with E-state index in [9.17, 15) is 0 Å². The lowest BCUT2D eigenvalue weighted by Crippen LogP contribution is -1.98. The summed E-state index contributed by atoms with van der Waals surface area (Å²) < 4.78 is 8.25. The number of aromatic nitrogens is 4. The maximum absolute atomic E-state index is 5.37. The third kappa shape index (κ3) is 1.57. The molecule has 18 heavy (non-hydrogen) atoms. The van der Waals surface area contributed by atoms with Crippen molar-refractivity contribution >= 4 is 21.7 Å². The van der Waals surface area contributed by atoms with E-state index in [4.69, 9.17) is 4.74 Å². The molecule has 0 unspecified atom stereocenters. The van der Waals surface area contributed by atoms with Gasteiger partial charge >= 0.3 is 0 Å². The van der Waals surface area contributed by atoms with Crippen molar-refractivity contribution in [2.75, 3.05) is 7.11 Å². The molecule has 0 saturated carbocycles. The quantitative estimate of drug-likeness (QED) is 0.710.